The molecule has 5 nitrogen and oxygen atoms in total. The van der Waals surface area contributed by atoms with Crippen molar-refractivity contribution in [3.8, 4) is 22.8 Å². The van der Waals surface area contributed by atoms with E-state index in [9.17, 15) is 4.79 Å². The summed E-state index contributed by atoms with van der Waals surface area (Å²) in [6, 6.07) is 3.75. The second-order valence-electron chi connectivity index (χ2n) is 4.56. The molecule has 0 amide bonds. The first-order valence-electron chi connectivity index (χ1n) is 6.10. The Morgan fingerprint density at radius 3 is 3.05 bits per heavy atom. The van der Waals surface area contributed by atoms with Gasteiger partial charge in [-0.1, -0.05) is 0 Å². The van der Waals surface area contributed by atoms with Gasteiger partial charge in [0.2, 0.25) is 0 Å². The van der Waals surface area contributed by atoms with Crippen LogP contribution in [0.5, 0.6) is 11.5 Å². The molecular formula is C14H14N2O3. The van der Waals surface area contributed by atoms with E-state index in [1.54, 1.807) is 13.3 Å². The molecule has 0 fully saturated rings. The van der Waals surface area contributed by atoms with E-state index >= 15 is 0 Å². The number of nitrogens with one attached hydrogen (secondary N) is 1. The standard InChI is InChI=1S/C14H14N2O3/c1-8-5-9-6-12(18-2)10(7-11(9)19-8)13-14(17)16-4-3-15-13/h3-4,6-8H,5H2,1-2H3,(H,16,17). The number of benzene rings is 1. The van der Waals surface area contributed by atoms with Gasteiger partial charge in [0.15, 0.2) is 0 Å². The predicted molar refractivity (Wildman–Crippen MR) is 70.6 cm³/mol. The number of aromatic nitrogens is 2. The summed E-state index contributed by atoms with van der Waals surface area (Å²) in [5.41, 5.74) is 1.84. The fourth-order valence-corrected chi connectivity index (χ4v) is 2.34. The lowest BCUT2D eigenvalue weighted by atomic mass is 10.0. The number of fused-ring (bicyclic) bond motifs is 1. The molecule has 0 bridgehead atoms. The number of hydrogen-bond donors (Lipinski definition) is 1. The summed E-state index contributed by atoms with van der Waals surface area (Å²) in [7, 11) is 1.58. The van der Waals surface area contributed by atoms with Crippen molar-refractivity contribution in [3.05, 3.63) is 40.4 Å². The van der Waals surface area contributed by atoms with Crippen molar-refractivity contribution >= 4 is 0 Å². The lowest BCUT2D eigenvalue weighted by Crippen LogP contribution is -2.10. The Labute approximate surface area is 110 Å². The fraction of sp³-hybridized carbons (Fsp3) is 0.286. The monoisotopic (exact) mass is 258 g/mol. The second kappa shape index (κ2) is 4.42. The Bertz CT molecular complexity index is 679. The highest BCUT2D eigenvalue weighted by Crippen LogP contribution is 2.38. The Hall–Kier alpha value is -2.30. The summed E-state index contributed by atoms with van der Waals surface area (Å²) in [5.74, 6) is 1.44. The van der Waals surface area contributed by atoms with Crippen LogP contribution in [0.4, 0.5) is 0 Å². The molecule has 1 atom stereocenters. The van der Waals surface area contributed by atoms with Crippen molar-refractivity contribution in [2.45, 2.75) is 19.4 Å². The molecule has 1 aliphatic rings. The Kier molecular flexibility index (Phi) is 2.74. The summed E-state index contributed by atoms with van der Waals surface area (Å²) < 4.78 is 11.1. The van der Waals surface area contributed by atoms with Gasteiger partial charge in [-0.05, 0) is 19.1 Å². The predicted octanol–water partition coefficient (Wildman–Crippen LogP) is 1.77. The van der Waals surface area contributed by atoms with Gasteiger partial charge in [-0.2, -0.15) is 0 Å². The van der Waals surface area contributed by atoms with E-state index in [0.29, 0.717) is 17.0 Å². The lowest BCUT2D eigenvalue weighted by Gasteiger charge is -2.09. The maximum atomic E-state index is 11.8. The molecular weight excluding hydrogens is 244 g/mol. The van der Waals surface area contributed by atoms with Crippen LogP contribution in [0.2, 0.25) is 0 Å². The van der Waals surface area contributed by atoms with Crippen molar-refractivity contribution in [2.75, 3.05) is 7.11 Å². The number of methoxy groups -OCH3 is 1. The Morgan fingerprint density at radius 2 is 2.32 bits per heavy atom. The molecule has 2 heterocycles. The maximum Gasteiger partial charge on any atom is 0.274 e. The molecule has 98 valence electrons. The average Bonchev–Trinajstić information content (AvgIpc) is 2.77. The van der Waals surface area contributed by atoms with Crippen LogP contribution >= 0.6 is 0 Å². The summed E-state index contributed by atoms with van der Waals surface area (Å²) in [5, 5.41) is 0. The van der Waals surface area contributed by atoms with E-state index in [1.165, 1.54) is 6.20 Å². The number of hydrogen-bond acceptors (Lipinski definition) is 4. The zero-order chi connectivity index (χ0) is 13.4. The maximum absolute atomic E-state index is 11.8. The van der Waals surface area contributed by atoms with Gasteiger partial charge in [0, 0.05) is 24.4 Å². The minimum atomic E-state index is -0.244. The summed E-state index contributed by atoms with van der Waals surface area (Å²) in [6.07, 6.45) is 4.05. The van der Waals surface area contributed by atoms with Crippen LogP contribution in [0.15, 0.2) is 29.3 Å². The lowest BCUT2D eigenvalue weighted by molar-refractivity contribution is 0.254. The number of nitrogens with zero attached hydrogens (tertiary/aromatic N) is 1. The molecule has 5 heteroatoms. The highest BCUT2D eigenvalue weighted by atomic mass is 16.5. The van der Waals surface area contributed by atoms with E-state index < -0.39 is 0 Å². The average molecular weight is 258 g/mol. The highest BCUT2D eigenvalue weighted by Gasteiger charge is 2.23. The second-order valence-corrected chi connectivity index (χ2v) is 4.56. The van der Waals surface area contributed by atoms with Crippen LogP contribution in [0.25, 0.3) is 11.3 Å². The van der Waals surface area contributed by atoms with Gasteiger partial charge in [0.25, 0.3) is 5.56 Å². The molecule has 0 saturated carbocycles. The van der Waals surface area contributed by atoms with Gasteiger partial charge in [0.1, 0.15) is 23.3 Å². The molecule has 2 aromatic rings. The minimum Gasteiger partial charge on any atom is -0.496 e. The number of aromatic amines is 1. The van der Waals surface area contributed by atoms with Crippen LogP contribution in [0.1, 0.15) is 12.5 Å². The van der Waals surface area contributed by atoms with E-state index in [0.717, 1.165) is 17.7 Å². The summed E-state index contributed by atoms with van der Waals surface area (Å²) in [6.45, 7) is 2.01. The number of rotatable bonds is 2. The molecule has 3 rings (SSSR count). The SMILES string of the molecule is COc1cc2c(cc1-c1ncc[nH]c1=O)OC(C)C2. The summed E-state index contributed by atoms with van der Waals surface area (Å²) in [4.78, 5) is 18.6. The smallest absolute Gasteiger partial charge is 0.274 e. The molecule has 1 aliphatic heterocycles. The van der Waals surface area contributed by atoms with Crippen molar-refractivity contribution in [2.24, 2.45) is 0 Å². The highest BCUT2D eigenvalue weighted by molar-refractivity contribution is 5.70. The topological polar surface area (TPSA) is 64.2 Å². The Balaban J connectivity index is 2.19. The van der Waals surface area contributed by atoms with Crippen LogP contribution < -0.4 is 15.0 Å². The van der Waals surface area contributed by atoms with Crippen molar-refractivity contribution < 1.29 is 9.47 Å². The third-order valence-corrected chi connectivity index (χ3v) is 3.18. The molecule has 19 heavy (non-hydrogen) atoms. The van der Waals surface area contributed by atoms with Crippen molar-refractivity contribution in [1.82, 2.24) is 9.97 Å². The van der Waals surface area contributed by atoms with Gasteiger partial charge in [-0.3, -0.25) is 4.79 Å². The molecule has 0 aliphatic carbocycles. The van der Waals surface area contributed by atoms with E-state index in [-0.39, 0.29) is 11.7 Å². The van der Waals surface area contributed by atoms with Crippen molar-refractivity contribution in [1.29, 1.82) is 0 Å². The minimum absolute atomic E-state index is 0.150. The van der Waals surface area contributed by atoms with E-state index in [4.69, 9.17) is 9.47 Å². The normalized spacial score (nSPS) is 16.8. The molecule has 0 radical (unpaired) electrons. The zero-order valence-electron chi connectivity index (χ0n) is 10.8. The van der Waals surface area contributed by atoms with Crippen LogP contribution in [-0.2, 0) is 6.42 Å². The van der Waals surface area contributed by atoms with Gasteiger partial charge in [0.05, 0.1) is 12.7 Å². The third kappa shape index (κ3) is 1.97. The molecule has 1 N–H and O–H groups in total. The van der Waals surface area contributed by atoms with E-state index in [2.05, 4.69) is 9.97 Å². The van der Waals surface area contributed by atoms with Crippen LogP contribution in [0.3, 0.4) is 0 Å². The quantitative estimate of drug-likeness (QED) is 0.891. The molecule has 1 aromatic carbocycles. The first kappa shape index (κ1) is 11.8. The molecule has 0 saturated heterocycles. The van der Waals surface area contributed by atoms with E-state index in [1.807, 2.05) is 19.1 Å². The van der Waals surface area contributed by atoms with Crippen LogP contribution in [0, 0.1) is 0 Å². The zero-order valence-corrected chi connectivity index (χ0v) is 10.8. The number of H-pyrrole nitrogens is 1. The van der Waals surface area contributed by atoms with Crippen LogP contribution in [-0.4, -0.2) is 23.2 Å². The molecule has 0 spiro atoms. The summed E-state index contributed by atoms with van der Waals surface area (Å²) >= 11 is 0. The van der Waals surface area contributed by atoms with Gasteiger partial charge >= 0.3 is 0 Å². The molecule has 1 unspecified atom stereocenters. The van der Waals surface area contributed by atoms with Gasteiger partial charge < -0.3 is 14.5 Å². The first-order valence-corrected chi connectivity index (χ1v) is 6.10. The first-order chi connectivity index (χ1) is 9.19. The van der Waals surface area contributed by atoms with Gasteiger partial charge in [-0.15, -0.1) is 0 Å². The van der Waals surface area contributed by atoms with Crippen molar-refractivity contribution in [3.63, 3.8) is 0 Å². The largest absolute Gasteiger partial charge is 0.496 e. The fourth-order valence-electron chi connectivity index (χ4n) is 2.34. The number of ether oxygens (including phenoxy) is 2. The third-order valence-electron chi connectivity index (χ3n) is 3.18. The Morgan fingerprint density at radius 1 is 1.47 bits per heavy atom. The van der Waals surface area contributed by atoms with Gasteiger partial charge in [-0.25, -0.2) is 4.98 Å². The molecule has 1 aromatic heterocycles.